The Kier molecular flexibility index (Phi) is 4.56. The molecule has 1 unspecified atom stereocenters. The van der Waals surface area contributed by atoms with Gasteiger partial charge in [0.05, 0.1) is 9.57 Å². The van der Waals surface area contributed by atoms with Gasteiger partial charge in [-0.25, -0.2) is 8.42 Å². The van der Waals surface area contributed by atoms with E-state index in [1.54, 1.807) is 13.8 Å². The van der Waals surface area contributed by atoms with Crippen molar-refractivity contribution in [2.45, 2.75) is 23.4 Å². The van der Waals surface area contributed by atoms with Crippen LogP contribution < -0.4 is 0 Å². The summed E-state index contributed by atoms with van der Waals surface area (Å²) in [5, 5.41) is 0. The standard InChI is InChI=1S/C9H11Br2ClO2S2/c1-9(2,16(3,13)14)7(11)6-4-5(10)8(12)15-6/h4,7H,1-3H3. The van der Waals surface area contributed by atoms with Crippen LogP contribution in [0.25, 0.3) is 0 Å². The van der Waals surface area contributed by atoms with Crippen molar-refractivity contribution in [3.05, 3.63) is 19.8 Å². The molecule has 1 heterocycles. The van der Waals surface area contributed by atoms with Gasteiger partial charge >= 0.3 is 0 Å². The summed E-state index contributed by atoms with van der Waals surface area (Å²) in [6, 6.07) is 1.85. The van der Waals surface area contributed by atoms with E-state index in [-0.39, 0.29) is 4.83 Å². The third-order valence-corrected chi connectivity index (χ3v) is 9.41. The van der Waals surface area contributed by atoms with E-state index in [1.165, 1.54) is 17.6 Å². The minimum atomic E-state index is -3.15. The van der Waals surface area contributed by atoms with Crippen LogP contribution in [0.1, 0.15) is 23.6 Å². The van der Waals surface area contributed by atoms with Gasteiger partial charge in [0.2, 0.25) is 0 Å². The Balaban J connectivity index is 3.17. The van der Waals surface area contributed by atoms with Crippen LogP contribution in [0.3, 0.4) is 0 Å². The molecule has 2 nitrogen and oxygen atoms in total. The molecule has 1 aromatic rings. The van der Waals surface area contributed by atoms with Crippen molar-refractivity contribution in [2.75, 3.05) is 6.26 Å². The molecule has 1 aromatic heterocycles. The van der Waals surface area contributed by atoms with Crippen LogP contribution in [0.5, 0.6) is 0 Å². The van der Waals surface area contributed by atoms with Crippen molar-refractivity contribution in [1.82, 2.24) is 0 Å². The first kappa shape index (κ1) is 15.0. The van der Waals surface area contributed by atoms with Gasteiger partial charge in [0, 0.05) is 15.6 Å². The van der Waals surface area contributed by atoms with Crippen molar-refractivity contribution in [2.24, 2.45) is 0 Å². The van der Waals surface area contributed by atoms with Crippen molar-refractivity contribution in [1.29, 1.82) is 0 Å². The van der Waals surface area contributed by atoms with Crippen LogP contribution >= 0.6 is 54.8 Å². The maximum atomic E-state index is 11.7. The number of sulfone groups is 1. The summed E-state index contributed by atoms with van der Waals surface area (Å²) in [5.41, 5.74) is 0. The average molecular weight is 411 g/mol. The lowest BCUT2D eigenvalue weighted by Crippen LogP contribution is -2.34. The summed E-state index contributed by atoms with van der Waals surface area (Å²) < 4.78 is 23.9. The van der Waals surface area contributed by atoms with Gasteiger partial charge < -0.3 is 0 Å². The van der Waals surface area contributed by atoms with Gasteiger partial charge in [0.15, 0.2) is 9.84 Å². The topological polar surface area (TPSA) is 34.1 Å². The molecule has 0 fully saturated rings. The molecule has 7 heteroatoms. The molecule has 0 saturated heterocycles. The van der Waals surface area contributed by atoms with Crippen molar-refractivity contribution in [3.63, 3.8) is 0 Å². The highest BCUT2D eigenvalue weighted by atomic mass is 79.9. The Bertz CT molecular complexity index is 474. The van der Waals surface area contributed by atoms with E-state index < -0.39 is 14.6 Å². The number of thiophene rings is 1. The number of hydrogen-bond donors (Lipinski definition) is 0. The summed E-state index contributed by atoms with van der Waals surface area (Å²) in [5.74, 6) is 0. The van der Waals surface area contributed by atoms with E-state index in [9.17, 15) is 8.42 Å². The lowest BCUT2D eigenvalue weighted by atomic mass is 10.1. The number of rotatable bonds is 3. The molecule has 0 bridgehead atoms. The zero-order valence-corrected chi connectivity index (χ0v) is 14.5. The smallest absolute Gasteiger partial charge is 0.154 e. The van der Waals surface area contributed by atoms with E-state index in [0.29, 0.717) is 4.34 Å². The van der Waals surface area contributed by atoms with Gasteiger partial charge in [-0.2, -0.15) is 0 Å². The Labute approximate surface area is 122 Å². The van der Waals surface area contributed by atoms with Gasteiger partial charge in [-0.1, -0.05) is 27.5 Å². The molecule has 0 N–H and O–H groups in total. The Morgan fingerprint density at radius 3 is 2.31 bits per heavy atom. The Hall–Kier alpha value is 0.900. The van der Waals surface area contributed by atoms with Crippen LogP contribution in [0.2, 0.25) is 4.34 Å². The minimum Gasteiger partial charge on any atom is -0.229 e. The molecular formula is C9H11Br2ClO2S2. The predicted molar refractivity (Wildman–Crippen MR) is 77.6 cm³/mol. The van der Waals surface area contributed by atoms with Gasteiger partial charge in [-0.15, -0.1) is 11.3 Å². The summed E-state index contributed by atoms with van der Waals surface area (Å²) in [4.78, 5) is 0.621. The van der Waals surface area contributed by atoms with Crippen molar-refractivity contribution in [3.8, 4) is 0 Å². The van der Waals surface area contributed by atoms with Crippen molar-refractivity contribution < 1.29 is 8.42 Å². The number of halogens is 3. The quantitative estimate of drug-likeness (QED) is 0.691. The van der Waals surface area contributed by atoms with Gasteiger partial charge in [0.25, 0.3) is 0 Å². The molecule has 0 radical (unpaired) electrons. The van der Waals surface area contributed by atoms with Gasteiger partial charge in [-0.05, 0) is 35.8 Å². The molecule has 0 spiro atoms. The highest BCUT2D eigenvalue weighted by Crippen LogP contribution is 2.45. The fourth-order valence-corrected chi connectivity index (χ4v) is 4.93. The first-order chi connectivity index (χ1) is 7.07. The van der Waals surface area contributed by atoms with Crippen LogP contribution in [0.4, 0.5) is 0 Å². The molecule has 0 aliphatic heterocycles. The second-order valence-corrected chi connectivity index (χ2v) is 10.1. The maximum absolute atomic E-state index is 11.7. The van der Waals surface area contributed by atoms with E-state index in [0.717, 1.165) is 9.35 Å². The summed E-state index contributed by atoms with van der Waals surface area (Å²) in [7, 11) is -3.15. The molecular weight excluding hydrogens is 399 g/mol. The number of alkyl halides is 1. The van der Waals surface area contributed by atoms with Gasteiger partial charge in [-0.3, -0.25) is 0 Å². The normalized spacial score (nSPS) is 15.1. The SMILES string of the molecule is CC(C)(C(Br)c1cc(Br)c(Cl)s1)S(C)(=O)=O. The minimum absolute atomic E-state index is 0.274. The monoisotopic (exact) mass is 408 g/mol. The first-order valence-electron chi connectivity index (χ1n) is 4.35. The molecule has 0 aliphatic carbocycles. The zero-order valence-electron chi connectivity index (χ0n) is 8.92. The molecule has 92 valence electrons. The zero-order chi connectivity index (χ0) is 12.7. The average Bonchev–Trinajstić information content (AvgIpc) is 2.43. The third-order valence-electron chi connectivity index (χ3n) is 2.48. The Morgan fingerprint density at radius 2 is 2.00 bits per heavy atom. The van der Waals surface area contributed by atoms with E-state index in [1.807, 2.05) is 6.07 Å². The maximum Gasteiger partial charge on any atom is 0.154 e. The van der Waals surface area contributed by atoms with Crippen molar-refractivity contribution >= 4 is 64.6 Å². The lowest BCUT2D eigenvalue weighted by molar-refractivity contribution is 0.550. The summed E-state index contributed by atoms with van der Waals surface area (Å²) in [6.45, 7) is 3.40. The van der Waals surface area contributed by atoms with Crippen LogP contribution in [-0.2, 0) is 9.84 Å². The van der Waals surface area contributed by atoms with Crippen LogP contribution in [0, 0.1) is 0 Å². The predicted octanol–water partition coefficient (Wildman–Crippen LogP) is 4.42. The third kappa shape index (κ3) is 2.83. The lowest BCUT2D eigenvalue weighted by Gasteiger charge is -2.27. The van der Waals surface area contributed by atoms with Crippen LogP contribution in [0.15, 0.2) is 10.5 Å². The Morgan fingerprint density at radius 1 is 1.50 bits per heavy atom. The fraction of sp³-hybridized carbons (Fsp3) is 0.556. The van der Waals surface area contributed by atoms with E-state index >= 15 is 0 Å². The molecule has 0 aromatic carbocycles. The molecule has 1 rings (SSSR count). The summed E-state index contributed by atoms with van der Waals surface area (Å²) >= 11 is 14.1. The molecule has 1 atom stereocenters. The summed E-state index contributed by atoms with van der Waals surface area (Å²) in [6.07, 6.45) is 1.24. The highest BCUT2D eigenvalue weighted by molar-refractivity contribution is 9.10. The van der Waals surface area contributed by atoms with E-state index in [2.05, 4.69) is 31.9 Å². The number of hydrogen-bond acceptors (Lipinski definition) is 3. The van der Waals surface area contributed by atoms with E-state index in [4.69, 9.17) is 11.6 Å². The second-order valence-electron chi connectivity index (χ2n) is 4.01. The molecule has 16 heavy (non-hydrogen) atoms. The molecule has 0 aliphatic rings. The fourth-order valence-electron chi connectivity index (χ4n) is 1.02. The second kappa shape index (κ2) is 4.88. The highest BCUT2D eigenvalue weighted by Gasteiger charge is 2.39. The largest absolute Gasteiger partial charge is 0.229 e. The van der Waals surface area contributed by atoms with Crippen LogP contribution in [-0.4, -0.2) is 19.4 Å². The molecule has 0 amide bonds. The van der Waals surface area contributed by atoms with Gasteiger partial charge in [0.1, 0.15) is 4.34 Å². The first-order valence-corrected chi connectivity index (χ1v) is 9.15. The molecule has 0 saturated carbocycles.